The number of hydrogen-bond acceptors (Lipinski definition) is 5. The highest BCUT2D eigenvalue weighted by molar-refractivity contribution is 7.89. The van der Waals surface area contributed by atoms with Crippen LogP contribution in [0.5, 0.6) is 5.75 Å². The van der Waals surface area contributed by atoms with Crippen molar-refractivity contribution < 1.29 is 17.9 Å². The third-order valence-electron chi connectivity index (χ3n) is 4.49. The molecule has 0 atom stereocenters. The molecule has 0 unspecified atom stereocenters. The van der Waals surface area contributed by atoms with Crippen LogP contribution >= 0.6 is 11.6 Å². The van der Waals surface area contributed by atoms with E-state index >= 15 is 0 Å². The number of halogens is 1. The Kier molecular flexibility index (Phi) is 6.26. The van der Waals surface area contributed by atoms with Gasteiger partial charge in [-0.2, -0.15) is 0 Å². The van der Waals surface area contributed by atoms with Gasteiger partial charge in [-0.25, -0.2) is 17.7 Å². The number of imidazole rings is 1. The van der Waals surface area contributed by atoms with Crippen molar-refractivity contribution >= 4 is 38.6 Å². The zero-order valence-corrected chi connectivity index (χ0v) is 18.0. The predicted octanol–water partition coefficient (Wildman–Crippen LogP) is 3.50. The average molecular weight is 436 g/mol. The van der Waals surface area contributed by atoms with Crippen LogP contribution in [0.25, 0.3) is 11.0 Å². The summed E-state index contributed by atoms with van der Waals surface area (Å²) in [6.07, 6.45) is 0.527. The smallest absolute Gasteiger partial charge is 0.311 e. The Morgan fingerprint density at radius 1 is 1.17 bits per heavy atom. The summed E-state index contributed by atoms with van der Waals surface area (Å²) in [5, 5.41) is 0.567. The van der Waals surface area contributed by atoms with E-state index < -0.39 is 10.0 Å². The molecule has 9 heteroatoms. The van der Waals surface area contributed by atoms with E-state index in [2.05, 4.69) is 4.98 Å². The largest absolute Gasteiger partial charge is 0.427 e. The second-order valence-electron chi connectivity index (χ2n) is 6.64. The minimum Gasteiger partial charge on any atom is -0.427 e. The molecule has 0 radical (unpaired) electrons. The van der Waals surface area contributed by atoms with E-state index in [-0.39, 0.29) is 17.3 Å². The Bertz CT molecular complexity index is 1140. The Labute approximate surface area is 174 Å². The van der Waals surface area contributed by atoms with Gasteiger partial charge in [0.2, 0.25) is 10.0 Å². The maximum Gasteiger partial charge on any atom is 0.311 e. The maximum atomic E-state index is 12.4. The Hall–Kier alpha value is -2.42. The summed E-state index contributed by atoms with van der Waals surface area (Å²) < 4.78 is 33.2. The second-order valence-corrected chi connectivity index (χ2v) is 9.23. The summed E-state index contributed by atoms with van der Waals surface area (Å²) in [6.45, 7) is 2.62. The SMILES string of the molecule is CCn1c(CCC(=O)Oc2ccc(Cl)cc2)nc2cc(S(=O)(=O)N(C)C)ccc21. The molecule has 2 aromatic carbocycles. The topological polar surface area (TPSA) is 81.5 Å². The molecule has 1 aromatic heterocycles. The lowest BCUT2D eigenvalue weighted by atomic mass is 10.3. The van der Waals surface area contributed by atoms with Crippen LogP contribution in [0.1, 0.15) is 19.2 Å². The first-order valence-corrected chi connectivity index (χ1v) is 10.9. The molecule has 0 spiro atoms. The number of esters is 1. The lowest BCUT2D eigenvalue weighted by molar-refractivity contribution is -0.134. The molecular formula is C20H22ClN3O4S. The number of benzene rings is 2. The van der Waals surface area contributed by atoms with E-state index in [9.17, 15) is 13.2 Å². The van der Waals surface area contributed by atoms with Gasteiger partial charge in [0.1, 0.15) is 11.6 Å². The van der Waals surface area contributed by atoms with E-state index in [0.717, 1.165) is 5.52 Å². The Morgan fingerprint density at radius 2 is 1.86 bits per heavy atom. The summed E-state index contributed by atoms with van der Waals surface area (Å²) in [6, 6.07) is 11.5. The number of hydrogen-bond donors (Lipinski definition) is 0. The third kappa shape index (κ3) is 4.60. The number of ether oxygens (including phenoxy) is 1. The normalized spacial score (nSPS) is 11.9. The number of carbonyl (C=O) groups is 1. The first kappa shape index (κ1) is 21.3. The van der Waals surface area contributed by atoms with Crippen LogP contribution in [0.2, 0.25) is 5.02 Å². The van der Waals surface area contributed by atoms with Crippen LogP contribution in [-0.4, -0.2) is 42.3 Å². The highest BCUT2D eigenvalue weighted by Crippen LogP contribution is 2.23. The molecule has 0 amide bonds. The van der Waals surface area contributed by atoms with E-state index in [1.165, 1.54) is 18.4 Å². The summed E-state index contributed by atoms with van der Waals surface area (Å²) >= 11 is 5.83. The second kappa shape index (κ2) is 8.52. The molecule has 0 aliphatic carbocycles. The first-order valence-electron chi connectivity index (χ1n) is 9.10. The zero-order valence-electron chi connectivity index (χ0n) is 16.4. The van der Waals surface area contributed by atoms with Gasteiger partial charge in [0.05, 0.1) is 22.3 Å². The van der Waals surface area contributed by atoms with Crippen LogP contribution in [0, 0.1) is 0 Å². The minimum atomic E-state index is -3.54. The van der Waals surface area contributed by atoms with Crippen LogP contribution in [0.15, 0.2) is 47.4 Å². The molecule has 1 heterocycles. The third-order valence-corrected chi connectivity index (χ3v) is 6.55. The molecular weight excluding hydrogens is 414 g/mol. The Balaban J connectivity index is 1.80. The van der Waals surface area contributed by atoms with Gasteiger partial charge in [-0.05, 0) is 49.4 Å². The van der Waals surface area contributed by atoms with Crippen molar-refractivity contribution in [2.75, 3.05) is 14.1 Å². The molecule has 0 aliphatic rings. The molecule has 3 aromatic rings. The van der Waals surface area contributed by atoms with Gasteiger partial charge in [-0.1, -0.05) is 11.6 Å². The summed E-state index contributed by atoms with van der Waals surface area (Å²) in [4.78, 5) is 16.9. The fourth-order valence-electron chi connectivity index (χ4n) is 2.97. The lowest BCUT2D eigenvalue weighted by Gasteiger charge is -2.11. The van der Waals surface area contributed by atoms with Crippen LogP contribution in [0.3, 0.4) is 0 Å². The maximum absolute atomic E-state index is 12.4. The molecule has 0 fully saturated rings. The zero-order chi connectivity index (χ0) is 21.2. The monoisotopic (exact) mass is 435 g/mol. The molecule has 154 valence electrons. The summed E-state index contributed by atoms with van der Waals surface area (Å²) in [5.41, 5.74) is 1.40. The fraction of sp³-hybridized carbons (Fsp3) is 0.300. The number of fused-ring (bicyclic) bond motifs is 1. The molecule has 3 rings (SSSR count). The van der Waals surface area contributed by atoms with Crippen molar-refractivity contribution in [2.45, 2.75) is 31.2 Å². The molecule has 7 nitrogen and oxygen atoms in total. The van der Waals surface area contributed by atoms with Crippen molar-refractivity contribution in [2.24, 2.45) is 0 Å². The molecule has 0 aliphatic heterocycles. The van der Waals surface area contributed by atoms with E-state index in [4.69, 9.17) is 16.3 Å². The van der Waals surface area contributed by atoms with E-state index in [0.29, 0.717) is 35.1 Å². The van der Waals surface area contributed by atoms with E-state index in [1.807, 2.05) is 11.5 Å². The molecule has 0 saturated heterocycles. The van der Waals surface area contributed by atoms with Crippen LogP contribution < -0.4 is 4.74 Å². The number of sulfonamides is 1. The van der Waals surface area contributed by atoms with Gasteiger partial charge in [0.25, 0.3) is 0 Å². The number of rotatable bonds is 7. The lowest BCUT2D eigenvalue weighted by Crippen LogP contribution is -2.22. The highest BCUT2D eigenvalue weighted by atomic mass is 35.5. The standard InChI is InChI=1S/C20H22ClN3O4S/c1-4-24-18-10-9-16(29(26,27)23(2)3)13-17(18)22-19(24)11-12-20(25)28-15-7-5-14(21)6-8-15/h5-10,13H,4,11-12H2,1-3H3. The molecule has 29 heavy (non-hydrogen) atoms. The van der Waals surface area contributed by atoms with Crippen molar-refractivity contribution in [1.29, 1.82) is 0 Å². The fourth-order valence-corrected chi connectivity index (χ4v) is 4.02. The van der Waals surface area contributed by atoms with Crippen LogP contribution in [0.4, 0.5) is 0 Å². The van der Waals surface area contributed by atoms with Gasteiger partial charge in [-0.15, -0.1) is 0 Å². The van der Waals surface area contributed by atoms with Gasteiger partial charge < -0.3 is 9.30 Å². The van der Waals surface area contributed by atoms with Gasteiger partial charge in [0, 0.05) is 32.1 Å². The van der Waals surface area contributed by atoms with Gasteiger partial charge in [-0.3, -0.25) is 4.79 Å². The average Bonchev–Trinajstić information content (AvgIpc) is 3.04. The van der Waals surface area contributed by atoms with Gasteiger partial charge >= 0.3 is 5.97 Å². The van der Waals surface area contributed by atoms with Crippen molar-refractivity contribution in [1.82, 2.24) is 13.9 Å². The number of aryl methyl sites for hydroxylation is 2. The highest BCUT2D eigenvalue weighted by Gasteiger charge is 2.20. The first-order chi connectivity index (χ1) is 13.7. The molecule has 0 bridgehead atoms. The quantitative estimate of drug-likeness (QED) is 0.419. The molecule has 0 saturated carbocycles. The summed E-state index contributed by atoms with van der Waals surface area (Å²) in [5.74, 6) is 0.759. The van der Waals surface area contributed by atoms with Crippen molar-refractivity contribution in [3.05, 3.63) is 53.3 Å². The van der Waals surface area contributed by atoms with Crippen LogP contribution in [-0.2, 0) is 27.8 Å². The number of carbonyl (C=O) groups excluding carboxylic acids is 1. The van der Waals surface area contributed by atoms with Crippen molar-refractivity contribution in [3.63, 3.8) is 0 Å². The Morgan fingerprint density at radius 3 is 2.48 bits per heavy atom. The van der Waals surface area contributed by atoms with Crippen molar-refractivity contribution in [3.8, 4) is 5.75 Å². The van der Waals surface area contributed by atoms with Gasteiger partial charge in [0.15, 0.2) is 0 Å². The van der Waals surface area contributed by atoms with E-state index in [1.54, 1.807) is 42.5 Å². The minimum absolute atomic E-state index is 0.148. The molecule has 0 N–H and O–H groups in total. The number of aromatic nitrogens is 2. The number of nitrogens with zero attached hydrogens (tertiary/aromatic N) is 3. The summed E-state index contributed by atoms with van der Waals surface area (Å²) in [7, 11) is -0.566. The predicted molar refractivity (Wildman–Crippen MR) is 112 cm³/mol.